The van der Waals surface area contributed by atoms with E-state index in [0.29, 0.717) is 0 Å². The second kappa shape index (κ2) is 13.2. The number of pyridine rings is 2. The minimum absolute atomic E-state index is 0.995. The summed E-state index contributed by atoms with van der Waals surface area (Å²) < 4.78 is 0. The van der Waals surface area contributed by atoms with E-state index in [9.17, 15) is 0 Å². The maximum absolute atomic E-state index is 4.58. The van der Waals surface area contributed by atoms with E-state index in [-0.39, 0.29) is 0 Å². The van der Waals surface area contributed by atoms with Gasteiger partial charge in [-0.3, -0.25) is 9.97 Å². The molecular formula is C44H38N2Si. The van der Waals surface area contributed by atoms with Crippen LogP contribution in [0.5, 0.6) is 0 Å². The first kappa shape index (κ1) is 30.3. The van der Waals surface area contributed by atoms with Gasteiger partial charge in [0, 0.05) is 23.5 Å². The number of benzene rings is 5. The molecule has 2 nitrogen and oxygen atoms in total. The molecule has 0 fully saturated rings. The first-order valence-electron chi connectivity index (χ1n) is 16.3. The lowest BCUT2D eigenvalue weighted by atomic mass is 9.88. The van der Waals surface area contributed by atoms with Crippen LogP contribution in [0.2, 0.25) is 13.1 Å². The molecule has 0 radical (unpaired) electrons. The molecule has 0 aliphatic heterocycles. The summed E-state index contributed by atoms with van der Waals surface area (Å²) in [5.41, 5.74) is 16.8. The monoisotopic (exact) mass is 622 g/mol. The van der Waals surface area contributed by atoms with Gasteiger partial charge < -0.3 is 0 Å². The zero-order chi connectivity index (χ0) is 32.3. The summed E-state index contributed by atoms with van der Waals surface area (Å²) in [6.45, 7) is 9.25. The molecule has 0 aliphatic carbocycles. The van der Waals surface area contributed by atoms with E-state index < -0.39 is 8.80 Å². The summed E-state index contributed by atoms with van der Waals surface area (Å²) in [4.78, 5) is 9.15. The van der Waals surface area contributed by atoms with Crippen molar-refractivity contribution in [2.24, 2.45) is 0 Å². The van der Waals surface area contributed by atoms with E-state index in [4.69, 9.17) is 0 Å². The Bertz CT molecular complexity index is 2040. The van der Waals surface area contributed by atoms with Gasteiger partial charge in [-0.05, 0) is 112 Å². The number of nitrogens with zero attached hydrogens (tertiary/aromatic N) is 2. The molecule has 3 heteroatoms. The predicted octanol–water partition coefficient (Wildman–Crippen LogP) is 10.8. The Morgan fingerprint density at radius 3 is 1.19 bits per heavy atom. The summed E-state index contributed by atoms with van der Waals surface area (Å²) in [6, 6.07) is 50.5. The third kappa shape index (κ3) is 6.23. The van der Waals surface area contributed by atoms with Gasteiger partial charge in [0.05, 0.1) is 20.2 Å². The first-order valence-corrected chi connectivity index (χ1v) is 19.2. The lowest BCUT2D eigenvalue weighted by Gasteiger charge is -2.18. The molecular weight excluding hydrogens is 585 g/mol. The van der Waals surface area contributed by atoms with E-state index >= 15 is 0 Å². The molecule has 228 valence electrons. The van der Waals surface area contributed by atoms with Gasteiger partial charge in [0.25, 0.3) is 0 Å². The van der Waals surface area contributed by atoms with E-state index in [1.54, 1.807) is 0 Å². The average molecular weight is 623 g/mol. The third-order valence-corrected chi connectivity index (χ3v) is 10.7. The van der Waals surface area contributed by atoms with E-state index in [1.165, 1.54) is 60.8 Å². The fourth-order valence-corrected chi connectivity index (χ4v) is 7.58. The zero-order valence-corrected chi connectivity index (χ0v) is 28.6. The highest BCUT2D eigenvalue weighted by molar-refractivity contribution is 6.71. The molecule has 0 bridgehead atoms. The summed E-state index contributed by atoms with van der Waals surface area (Å²) in [5.74, 6) is 0. The topological polar surface area (TPSA) is 25.8 Å². The van der Waals surface area contributed by atoms with Crippen molar-refractivity contribution in [2.75, 3.05) is 0 Å². The van der Waals surface area contributed by atoms with Crippen LogP contribution in [0.15, 0.2) is 152 Å². The van der Waals surface area contributed by atoms with E-state index in [0.717, 1.165) is 22.5 Å². The highest BCUT2D eigenvalue weighted by Gasteiger charge is 2.16. The molecule has 0 saturated carbocycles. The lowest BCUT2D eigenvalue weighted by molar-refractivity contribution is 1.32. The quantitative estimate of drug-likeness (QED) is 0.165. The van der Waals surface area contributed by atoms with E-state index in [2.05, 4.69) is 152 Å². The van der Waals surface area contributed by atoms with Gasteiger partial charge in [-0.25, -0.2) is 0 Å². The van der Waals surface area contributed by atoms with Crippen LogP contribution in [0.25, 0.3) is 67.0 Å². The Labute approximate surface area is 280 Å². The average Bonchev–Trinajstić information content (AvgIpc) is 3.12. The minimum Gasteiger partial charge on any atom is -0.256 e. The Morgan fingerprint density at radius 1 is 0.383 bits per heavy atom. The smallest absolute Gasteiger partial charge is 0.0702 e. The van der Waals surface area contributed by atoms with Crippen LogP contribution >= 0.6 is 0 Å². The van der Waals surface area contributed by atoms with Crippen LogP contribution in [0.3, 0.4) is 0 Å². The van der Waals surface area contributed by atoms with Crippen molar-refractivity contribution in [1.29, 1.82) is 0 Å². The van der Waals surface area contributed by atoms with Crippen molar-refractivity contribution in [3.63, 3.8) is 0 Å². The molecule has 0 aliphatic rings. The SMILES string of the molecule is Cc1cc(-c2ccccn2)ccc1-c1ccccc1-c1cc(-c2ccccc2-c2ccc(-c3ccccn3)cc2C)cc([SiH](C)C)c1. The summed E-state index contributed by atoms with van der Waals surface area (Å²) in [7, 11) is -1.13. The summed E-state index contributed by atoms with van der Waals surface area (Å²) >= 11 is 0. The number of aromatic nitrogens is 2. The second-order valence-electron chi connectivity index (χ2n) is 12.6. The van der Waals surface area contributed by atoms with Crippen LogP contribution in [-0.2, 0) is 0 Å². The van der Waals surface area contributed by atoms with Crippen molar-refractivity contribution in [2.45, 2.75) is 26.9 Å². The van der Waals surface area contributed by atoms with Gasteiger partial charge in [0.15, 0.2) is 0 Å². The van der Waals surface area contributed by atoms with Crippen LogP contribution < -0.4 is 5.19 Å². The molecule has 0 spiro atoms. The molecule has 0 saturated heterocycles. The Morgan fingerprint density at radius 2 is 0.809 bits per heavy atom. The molecule has 0 amide bonds. The normalized spacial score (nSPS) is 11.2. The number of hydrogen-bond donors (Lipinski definition) is 0. The fraction of sp³-hybridized carbons (Fsp3) is 0.0909. The minimum atomic E-state index is -1.13. The number of rotatable bonds is 7. The molecule has 2 heterocycles. The highest BCUT2D eigenvalue weighted by Crippen LogP contribution is 2.39. The lowest BCUT2D eigenvalue weighted by Crippen LogP contribution is -2.22. The maximum Gasteiger partial charge on any atom is 0.0702 e. The molecule has 0 unspecified atom stereocenters. The van der Waals surface area contributed by atoms with Gasteiger partial charge in [-0.1, -0.05) is 115 Å². The number of aryl methyl sites for hydroxylation is 2. The standard InChI is InChI=1S/C44H38N2Si/c1-30-25-32(43-17-9-11-23-45-43)19-21-37(30)41-15-7-5-13-39(41)34-27-35(29-36(28-34)47(3)4)40-14-6-8-16-42(40)38-22-20-33(26-31(38)2)44-18-10-12-24-46-44/h5-29,47H,1-4H3. The van der Waals surface area contributed by atoms with Gasteiger partial charge in [0.1, 0.15) is 0 Å². The van der Waals surface area contributed by atoms with Crippen LogP contribution in [0.4, 0.5) is 0 Å². The summed E-state index contributed by atoms with van der Waals surface area (Å²) in [6.07, 6.45) is 3.71. The van der Waals surface area contributed by atoms with Crippen molar-refractivity contribution < 1.29 is 0 Å². The molecule has 7 aromatic rings. The maximum atomic E-state index is 4.58. The Hall–Kier alpha value is -5.38. The first-order chi connectivity index (χ1) is 23.0. The van der Waals surface area contributed by atoms with E-state index in [1.807, 2.05) is 36.7 Å². The van der Waals surface area contributed by atoms with Gasteiger partial charge >= 0.3 is 0 Å². The number of hydrogen-bond acceptors (Lipinski definition) is 2. The largest absolute Gasteiger partial charge is 0.256 e. The van der Waals surface area contributed by atoms with Crippen molar-refractivity contribution in [3.05, 3.63) is 163 Å². The van der Waals surface area contributed by atoms with Gasteiger partial charge in [-0.15, -0.1) is 0 Å². The molecule has 7 rings (SSSR count). The zero-order valence-electron chi connectivity index (χ0n) is 27.4. The molecule has 0 atom stereocenters. The van der Waals surface area contributed by atoms with Crippen LogP contribution in [0.1, 0.15) is 11.1 Å². The molecule has 47 heavy (non-hydrogen) atoms. The molecule has 2 aromatic heterocycles. The van der Waals surface area contributed by atoms with Crippen LogP contribution in [0, 0.1) is 13.8 Å². The van der Waals surface area contributed by atoms with Crippen LogP contribution in [-0.4, -0.2) is 18.8 Å². The van der Waals surface area contributed by atoms with Gasteiger partial charge in [0.2, 0.25) is 0 Å². The van der Waals surface area contributed by atoms with Gasteiger partial charge in [-0.2, -0.15) is 0 Å². The fourth-order valence-electron chi connectivity index (χ4n) is 6.55. The molecule has 0 N–H and O–H groups in total. The summed E-state index contributed by atoms with van der Waals surface area (Å²) in [5, 5.41) is 1.46. The van der Waals surface area contributed by atoms with Crippen molar-refractivity contribution in [1.82, 2.24) is 9.97 Å². The van der Waals surface area contributed by atoms with Crippen molar-refractivity contribution in [3.8, 4) is 67.0 Å². The highest BCUT2D eigenvalue weighted by atomic mass is 28.3. The second-order valence-corrected chi connectivity index (χ2v) is 15.6. The predicted molar refractivity (Wildman–Crippen MR) is 203 cm³/mol. The van der Waals surface area contributed by atoms with Crippen molar-refractivity contribution >= 4 is 14.0 Å². The molecule has 5 aromatic carbocycles. The third-order valence-electron chi connectivity index (χ3n) is 9.05. The Kier molecular flexibility index (Phi) is 8.47. The Balaban J connectivity index is 1.33.